The zero-order chi connectivity index (χ0) is 14.8. The second kappa shape index (κ2) is 5.49. The maximum absolute atomic E-state index is 10.8. The third-order valence-electron chi connectivity index (χ3n) is 3.30. The van der Waals surface area contributed by atoms with Crippen LogP contribution in [0.5, 0.6) is 0 Å². The van der Waals surface area contributed by atoms with Gasteiger partial charge in [-0.05, 0) is 30.7 Å². The predicted molar refractivity (Wildman–Crippen MR) is 84.8 cm³/mol. The first kappa shape index (κ1) is 13.5. The lowest BCUT2D eigenvalue weighted by Crippen LogP contribution is -2.06. The molecule has 0 spiro atoms. The van der Waals surface area contributed by atoms with Gasteiger partial charge in [-0.25, -0.2) is 4.98 Å². The minimum absolute atomic E-state index is 0.0183. The molecule has 3 aromatic rings. The van der Waals surface area contributed by atoms with E-state index in [1.54, 1.807) is 23.5 Å². The van der Waals surface area contributed by atoms with Crippen LogP contribution in [0.3, 0.4) is 0 Å². The molecule has 0 bridgehead atoms. The second-order valence-electron chi connectivity index (χ2n) is 4.75. The van der Waals surface area contributed by atoms with Crippen LogP contribution in [0.4, 0.5) is 11.4 Å². The number of non-ortho nitro benzene ring substituents is 1. The Morgan fingerprint density at radius 1 is 1.29 bits per heavy atom. The number of anilines is 1. The Labute approximate surface area is 125 Å². The lowest BCUT2D eigenvalue weighted by atomic mass is 10.1. The average Bonchev–Trinajstić information content (AvgIpc) is 2.95. The van der Waals surface area contributed by atoms with Gasteiger partial charge in [-0.2, -0.15) is 0 Å². The fraction of sp³-hybridized carbons (Fsp3) is 0.133. The summed E-state index contributed by atoms with van der Waals surface area (Å²) < 4.78 is 1.12. The van der Waals surface area contributed by atoms with E-state index in [1.165, 1.54) is 6.07 Å². The molecule has 0 aliphatic heterocycles. The maximum atomic E-state index is 10.8. The molecule has 1 heterocycles. The molecule has 106 valence electrons. The fourth-order valence-corrected chi connectivity index (χ4v) is 2.90. The number of fused-ring (bicyclic) bond motifs is 1. The molecule has 1 unspecified atom stereocenters. The van der Waals surface area contributed by atoms with Crippen molar-refractivity contribution in [3.63, 3.8) is 0 Å². The molecule has 1 atom stereocenters. The Kier molecular flexibility index (Phi) is 3.53. The quantitative estimate of drug-likeness (QED) is 0.573. The molecule has 0 radical (unpaired) electrons. The average molecular weight is 299 g/mol. The minimum Gasteiger partial charge on any atom is -0.378 e. The van der Waals surface area contributed by atoms with Gasteiger partial charge in [-0.1, -0.05) is 12.1 Å². The highest BCUT2D eigenvalue weighted by Gasteiger charge is 2.11. The summed E-state index contributed by atoms with van der Waals surface area (Å²) in [5.74, 6) is 0. The van der Waals surface area contributed by atoms with E-state index in [9.17, 15) is 10.1 Å². The van der Waals surface area contributed by atoms with Crippen LogP contribution in [-0.4, -0.2) is 9.91 Å². The topological polar surface area (TPSA) is 68.1 Å². The van der Waals surface area contributed by atoms with Gasteiger partial charge in [0, 0.05) is 23.9 Å². The Morgan fingerprint density at radius 2 is 2.14 bits per heavy atom. The molecule has 0 amide bonds. The van der Waals surface area contributed by atoms with Crippen molar-refractivity contribution < 1.29 is 4.92 Å². The van der Waals surface area contributed by atoms with E-state index in [2.05, 4.69) is 10.3 Å². The van der Waals surface area contributed by atoms with Crippen molar-refractivity contribution in [2.45, 2.75) is 13.0 Å². The van der Waals surface area contributed by atoms with Gasteiger partial charge in [0.15, 0.2) is 0 Å². The largest absolute Gasteiger partial charge is 0.378 e. The number of nitrogens with one attached hydrogen (secondary N) is 1. The van der Waals surface area contributed by atoms with Crippen molar-refractivity contribution >= 4 is 32.9 Å². The summed E-state index contributed by atoms with van der Waals surface area (Å²) >= 11 is 1.59. The van der Waals surface area contributed by atoms with Crippen LogP contribution in [0.15, 0.2) is 48.0 Å². The minimum atomic E-state index is -0.375. The summed E-state index contributed by atoms with van der Waals surface area (Å²) in [6.07, 6.45) is 0. The zero-order valence-electron chi connectivity index (χ0n) is 11.3. The molecule has 2 aromatic carbocycles. The number of nitro benzene ring substituents is 1. The Morgan fingerprint density at radius 3 is 2.95 bits per heavy atom. The maximum Gasteiger partial charge on any atom is 0.269 e. The number of aromatic nitrogens is 1. The number of hydrogen-bond donors (Lipinski definition) is 1. The first-order valence-electron chi connectivity index (χ1n) is 6.47. The number of thiazole rings is 1. The lowest BCUT2D eigenvalue weighted by molar-refractivity contribution is -0.384. The predicted octanol–water partition coefficient (Wildman–Crippen LogP) is 4.38. The number of rotatable bonds is 4. The van der Waals surface area contributed by atoms with Gasteiger partial charge in [0.1, 0.15) is 0 Å². The van der Waals surface area contributed by atoms with Gasteiger partial charge in [0.25, 0.3) is 5.69 Å². The smallest absolute Gasteiger partial charge is 0.269 e. The molecule has 0 aliphatic carbocycles. The van der Waals surface area contributed by atoms with Gasteiger partial charge >= 0.3 is 0 Å². The van der Waals surface area contributed by atoms with Gasteiger partial charge in [0.2, 0.25) is 0 Å². The van der Waals surface area contributed by atoms with Gasteiger partial charge < -0.3 is 5.32 Å². The molecule has 6 heteroatoms. The summed E-state index contributed by atoms with van der Waals surface area (Å²) in [4.78, 5) is 14.7. The molecule has 3 rings (SSSR count). The second-order valence-corrected chi connectivity index (χ2v) is 5.64. The molecular formula is C15H13N3O2S. The third kappa shape index (κ3) is 2.85. The molecule has 5 nitrogen and oxygen atoms in total. The summed E-state index contributed by atoms with van der Waals surface area (Å²) in [6.45, 7) is 1.98. The van der Waals surface area contributed by atoms with E-state index < -0.39 is 0 Å². The molecule has 0 saturated heterocycles. The summed E-state index contributed by atoms with van der Waals surface area (Å²) in [5.41, 5.74) is 4.77. The molecule has 21 heavy (non-hydrogen) atoms. The molecule has 0 saturated carbocycles. The van der Waals surface area contributed by atoms with E-state index in [-0.39, 0.29) is 16.7 Å². The highest BCUT2D eigenvalue weighted by Crippen LogP contribution is 2.26. The monoisotopic (exact) mass is 299 g/mol. The van der Waals surface area contributed by atoms with Crippen LogP contribution >= 0.6 is 11.3 Å². The number of nitro groups is 1. The van der Waals surface area contributed by atoms with E-state index in [0.29, 0.717) is 0 Å². The van der Waals surface area contributed by atoms with E-state index in [4.69, 9.17) is 0 Å². The molecular weight excluding hydrogens is 286 g/mol. The van der Waals surface area contributed by atoms with E-state index >= 15 is 0 Å². The number of benzene rings is 2. The lowest BCUT2D eigenvalue weighted by Gasteiger charge is -2.15. The van der Waals surface area contributed by atoms with Gasteiger partial charge in [-0.15, -0.1) is 11.3 Å². The van der Waals surface area contributed by atoms with E-state index in [0.717, 1.165) is 21.5 Å². The van der Waals surface area contributed by atoms with Crippen molar-refractivity contribution in [1.29, 1.82) is 0 Å². The molecule has 0 fully saturated rings. The highest BCUT2D eigenvalue weighted by atomic mass is 32.1. The first-order valence-corrected chi connectivity index (χ1v) is 7.35. The van der Waals surface area contributed by atoms with Crippen molar-refractivity contribution in [3.8, 4) is 0 Å². The van der Waals surface area contributed by atoms with Crippen LogP contribution in [0, 0.1) is 10.1 Å². The van der Waals surface area contributed by atoms with Crippen molar-refractivity contribution in [1.82, 2.24) is 4.98 Å². The zero-order valence-corrected chi connectivity index (χ0v) is 12.1. The van der Waals surface area contributed by atoms with Crippen molar-refractivity contribution in [3.05, 3.63) is 63.7 Å². The van der Waals surface area contributed by atoms with Crippen LogP contribution < -0.4 is 5.32 Å². The van der Waals surface area contributed by atoms with E-state index in [1.807, 2.05) is 36.7 Å². The van der Waals surface area contributed by atoms with Crippen molar-refractivity contribution in [2.75, 3.05) is 5.32 Å². The van der Waals surface area contributed by atoms with Crippen LogP contribution in [0.1, 0.15) is 18.5 Å². The standard InChI is InChI=1S/C15H13N3O2S/c1-10(11-3-2-4-13(7-11)18(19)20)17-12-5-6-14-15(8-12)21-9-16-14/h2-10,17H,1H3. The Balaban J connectivity index is 1.83. The van der Waals surface area contributed by atoms with Crippen LogP contribution in [0.25, 0.3) is 10.2 Å². The molecule has 1 aromatic heterocycles. The normalized spacial score (nSPS) is 12.2. The fourth-order valence-electron chi connectivity index (χ4n) is 2.19. The van der Waals surface area contributed by atoms with Gasteiger partial charge in [-0.3, -0.25) is 10.1 Å². The highest BCUT2D eigenvalue weighted by molar-refractivity contribution is 7.16. The molecule has 1 N–H and O–H groups in total. The Bertz CT molecular complexity index is 800. The number of hydrogen-bond acceptors (Lipinski definition) is 5. The summed E-state index contributed by atoms with van der Waals surface area (Å²) in [6, 6.07) is 12.6. The molecule has 0 aliphatic rings. The third-order valence-corrected chi connectivity index (χ3v) is 4.09. The van der Waals surface area contributed by atoms with Crippen LogP contribution in [0.2, 0.25) is 0 Å². The SMILES string of the molecule is CC(Nc1ccc2ncsc2c1)c1cccc([N+](=O)[O-])c1. The summed E-state index contributed by atoms with van der Waals surface area (Å²) in [5, 5.41) is 14.2. The first-order chi connectivity index (χ1) is 10.1. The number of nitrogens with zero attached hydrogens (tertiary/aromatic N) is 2. The van der Waals surface area contributed by atoms with Crippen molar-refractivity contribution in [2.24, 2.45) is 0 Å². The summed E-state index contributed by atoms with van der Waals surface area (Å²) in [7, 11) is 0. The van der Waals surface area contributed by atoms with Crippen LogP contribution in [-0.2, 0) is 0 Å². The van der Waals surface area contributed by atoms with Gasteiger partial charge in [0.05, 0.1) is 20.7 Å². The Hall–Kier alpha value is -2.47.